The SMILES string of the molecule is COc1cc(C=O)ccc1OCCCCCOc1cccc2cccnc12. The van der Waals surface area contributed by atoms with Gasteiger partial charge < -0.3 is 14.2 Å². The molecule has 0 aliphatic heterocycles. The fourth-order valence-electron chi connectivity index (χ4n) is 2.81. The number of carbonyl (C=O) groups excluding carboxylic acids is 1. The van der Waals surface area contributed by atoms with E-state index in [1.807, 2.05) is 30.3 Å². The van der Waals surface area contributed by atoms with Crippen LogP contribution in [0.4, 0.5) is 0 Å². The van der Waals surface area contributed by atoms with Crippen molar-refractivity contribution in [2.75, 3.05) is 20.3 Å². The molecular weight excluding hydrogens is 342 g/mol. The third kappa shape index (κ3) is 4.97. The molecule has 0 fully saturated rings. The van der Waals surface area contributed by atoms with E-state index in [1.54, 1.807) is 31.5 Å². The number of fused-ring (bicyclic) bond motifs is 1. The summed E-state index contributed by atoms with van der Waals surface area (Å²) in [5, 5.41) is 1.08. The zero-order valence-corrected chi connectivity index (χ0v) is 15.4. The van der Waals surface area contributed by atoms with Gasteiger partial charge in [0.2, 0.25) is 0 Å². The van der Waals surface area contributed by atoms with Gasteiger partial charge in [-0.15, -0.1) is 0 Å². The number of aldehydes is 1. The number of unbranched alkanes of at least 4 members (excludes halogenated alkanes) is 2. The van der Waals surface area contributed by atoms with Gasteiger partial charge in [0, 0.05) is 17.1 Å². The van der Waals surface area contributed by atoms with Gasteiger partial charge in [0.15, 0.2) is 11.5 Å². The van der Waals surface area contributed by atoms with Gasteiger partial charge in [-0.25, -0.2) is 0 Å². The fourth-order valence-corrected chi connectivity index (χ4v) is 2.81. The van der Waals surface area contributed by atoms with Gasteiger partial charge in [0.25, 0.3) is 0 Å². The van der Waals surface area contributed by atoms with Crippen LogP contribution < -0.4 is 14.2 Å². The van der Waals surface area contributed by atoms with E-state index in [2.05, 4.69) is 4.98 Å². The molecule has 5 nitrogen and oxygen atoms in total. The van der Waals surface area contributed by atoms with Crippen molar-refractivity contribution in [2.45, 2.75) is 19.3 Å². The highest BCUT2D eigenvalue weighted by Crippen LogP contribution is 2.28. The highest BCUT2D eigenvalue weighted by molar-refractivity contribution is 5.84. The number of aromatic nitrogens is 1. The van der Waals surface area contributed by atoms with Crippen molar-refractivity contribution in [1.29, 1.82) is 0 Å². The molecule has 0 spiro atoms. The minimum absolute atomic E-state index is 0.569. The molecule has 140 valence electrons. The smallest absolute Gasteiger partial charge is 0.161 e. The van der Waals surface area contributed by atoms with Crippen LogP contribution in [0.1, 0.15) is 29.6 Å². The third-order valence-electron chi connectivity index (χ3n) is 4.22. The first-order chi connectivity index (χ1) is 13.3. The van der Waals surface area contributed by atoms with E-state index in [0.717, 1.165) is 42.2 Å². The van der Waals surface area contributed by atoms with Gasteiger partial charge in [-0.2, -0.15) is 0 Å². The maximum Gasteiger partial charge on any atom is 0.161 e. The number of carbonyl (C=O) groups is 1. The van der Waals surface area contributed by atoms with E-state index < -0.39 is 0 Å². The molecule has 0 amide bonds. The van der Waals surface area contributed by atoms with Crippen molar-refractivity contribution in [3.8, 4) is 17.2 Å². The van der Waals surface area contributed by atoms with Crippen LogP contribution >= 0.6 is 0 Å². The van der Waals surface area contributed by atoms with E-state index in [0.29, 0.717) is 30.3 Å². The van der Waals surface area contributed by atoms with E-state index in [-0.39, 0.29) is 0 Å². The zero-order chi connectivity index (χ0) is 18.9. The Morgan fingerprint density at radius 3 is 2.44 bits per heavy atom. The van der Waals surface area contributed by atoms with Crippen LogP contribution in [0.25, 0.3) is 10.9 Å². The molecule has 0 saturated heterocycles. The number of rotatable bonds is 10. The number of pyridine rings is 1. The second-order valence-corrected chi connectivity index (χ2v) is 6.12. The van der Waals surface area contributed by atoms with Gasteiger partial charge >= 0.3 is 0 Å². The van der Waals surface area contributed by atoms with Crippen molar-refractivity contribution in [3.63, 3.8) is 0 Å². The number of methoxy groups -OCH3 is 1. The maximum absolute atomic E-state index is 10.8. The van der Waals surface area contributed by atoms with Crippen molar-refractivity contribution in [1.82, 2.24) is 4.98 Å². The summed E-state index contributed by atoms with van der Waals surface area (Å²) in [6, 6.07) is 15.1. The molecule has 0 N–H and O–H groups in total. The largest absolute Gasteiger partial charge is 0.493 e. The number of benzene rings is 2. The average Bonchev–Trinajstić information content (AvgIpc) is 2.73. The normalized spacial score (nSPS) is 10.6. The first-order valence-corrected chi connectivity index (χ1v) is 9.04. The van der Waals surface area contributed by atoms with Crippen LogP contribution in [-0.2, 0) is 0 Å². The van der Waals surface area contributed by atoms with Crippen molar-refractivity contribution < 1.29 is 19.0 Å². The standard InChI is InChI=1S/C22H23NO4/c1-25-21-15-17(16-24)10-11-19(21)26-13-3-2-4-14-27-20-9-5-7-18-8-6-12-23-22(18)20/h5-12,15-16H,2-4,13-14H2,1H3. The minimum atomic E-state index is 0.569. The number of para-hydroxylation sites is 1. The molecule has 0 radical (unpaired) electrons. The maximum atomic E-state index is 10.8. The Hall–Kier alpha value is -3.08. The molecule has 0 bridgehead atoms. The molecule has 0 aliphatic carbocycles. The Morgan fingerprint density at radius 2 is 1.67 bits per heavy atom. The summed E-state index contributed by atoms with van der Waals surface area (Å²) in [5.74, 6) is 2.05. The van der Waals surface area contributed by atoms with Crippen LogP contribution in [0.3, 0.4) is 0 Å². The summed E-state index contributed by atoms with van der Waals surface area (Å²) < 4.78 is 16.9. The predicted octanol–water partition coefficient (Wildman–Crippen LogP) is 4.68. The molecular formula is C22H23NO4. The fraction of sp³-hybridized carbons (Fsp3) is 0.273. The van der Waals surface area contributed by atoms with E-state index in [1.165, 1.54) is 0 Å². The minimum Gasteiger partial charge on any atom is -0.493 e. The Balaban J connectivity index is 1.39. The molecule has 5 heteroatoms. The lowest BCUT2D eigenvalue weighted by Crippen LogP contribution is -2.02. The molecule has 0 atom stereocenters. The van der Waals surface area contributed by atoms with Gasteiger partial charge in [-0.1, -0.05) is 18.2 Å². The Morgan fingerprint density at radius 1 is 0.889 bits per heavy atom. The molecule has 27 heavy (non-hydrogen) atoms. The van der Waals surface area contributed by atoms with E-state index in [9.17, 15) is 4.79 Å². The molecule has 2 aromatic carbocycles. The Kier molecular flexibility index (Phi) is 6.63. The first-order valence-electron chi connectivity index (χ1n) is 9.04. The van der Waals surface area contributed by atoms with Crippen LogP contribution in [0.5, 0.6) is 17.2 Å². The molecule has 0 unspecified atom stereocenters. The number of nitrogens with zero attached hydrogens (tertiary/aromatic N) is 1. The van der Waals surface area contributed by atoms with Gasteiger partial charge in [0.05, 0.1) is 20.3 Å². The molecule has 0 aliphatic rings. The summed E-state index contributed by atoms with van der Waals surface area (Å²) in [7, 11) is 1.57. The summed E-state index contributed by atoms with van der Waals surface area (Å²) in [4.78, 5) is 15.2. The lowest BCUT2D eigenvalue weighted by Gasteiger charge is -2.11. The molecule has 1 heterocycles. The zero-order valence-electron chi connectivity index (χ0n) is 15.4. The summed E-state index contributed by atoms with van der Waals surface area (Å²) in [5.41, 5.74) is 1.47. The van der Waals surface area contributed by atoms with Crippen LogP contribution in [-0.4, -0.2) is 31.6 Å². The van der Waals surface area contributed by atoms with E-state index >= 15 is 0 Å². The van der Waals surface area contributed by atoms with Gasteiger partial charge in [-0.3, -0.25) is 9.78 Å². The monoisotopic (exact) mass is 365 g/mol. The van der Waals surface area contributed by atoms with Crippen molar-refractivity contribution >= 4 is 17.2 Å². The summed E-state index contributed by atoms with van der Waals surface area (Å²) in [6.07, 6.45) is 5.41. The predicted molar refractivity (Wildman–Crippen MR) is 105 cm³/mol. The first kappa shape index (κ1) is 18.7. The molecule has 3 rings (SSSR count). The second-order valence-electron chi connectivity index (χ2n) is 6.12. The average molecular weight is 365 g/mol. The molecule has 1 aromatic heterocycles. The Labute approximate surface area is 158 Å². The lowest BCUT2D eigenvalue weighted by molar-refractivity contribution is 0.112. The van der Waals surface area contributed by atoms with Crippen molar-refractivity contribution in [3.05, 3.63) is 60.3 Å². The Bertz CT molecular complexity index is 889. The molecule has 0 saturated carbocycles. The summed E-state index contributed by atoms with van der Waals surface area (Å²) in [6.45, 7) is 1.24. The van der Waals surface area contributed by atoms with Crippen LogP contribution in [0.2, 0.25) is 0 Å². The quantitative estimate of drug-likeness (QED) is 0.385. The lowest BCUT2D eigenvalue weighted by atomic mass is 10.2. The van der Waals surface area contributed by atoms with Crippen molar-refractivity contribution in [2.24, 2.45) is 0 Å². The number of hydrogen-bond acceptors (Lipinski definition) is 5. The second kappa shape index (κ2) is 9.57. The third-order valence-corrected chi connectivity index (χ3v) is 4.22. The van der Waals surface area contributed by atoms with Gasteiger partial charge in [0.1, 0.15) is 17.6 Å². The van der Waals surface area contributed by atoms with Crippen LogP contribution in [0.15, 0.2) is 54.7 Å². The molecule has 3 aromatic rings. The summed E-state index contributed by atoms with van der Waals surface area (Å²) >= 11 is 0. The number of ether oxygens (including phenoxy) is 3. The highest BCUT2D eigenvalue weighted by atomic mass is 16.5. The van der Waals surface area contributed by atoms with Gasteiger partial charge in [-0.05, 0) is 49.6 Å². The highest BCUT2D eigenvalue weighted by Gasteiger charge is 2.06. The van der Waals surface area contributed by atoms with Crippen LogP contribution in [0, 0.1) is 0 Å². The van der Waals surface area contributed by atoms with E-state index in [4.69, 9.17) is 14.2 Å². The number of hydrogen-bond donors (Lipinski definition) is 0. The topological polar surface area (TPSA) is 57.7 Å².